The molecule has 6 nitrogen and oxygen atoms in total. The summed E-state index contributed by atoms with van der Waals surface area (Å²) < 4.78 is 2.25. The molecule has 0 saturated carbocycles. The first-order valence-corrected chi connectivity index (χ1v) is 7.33. The van der Waals surface area contributed by atoms with Crippen LogP contribution in [0.5, 0.6) is 0 Å². The Morgan fingerprint density at radius 2 is 1.86 bits per heavy atom. The van der Waals surface area contributed by atoms with Crippen molar-refractivity contribution in [1.29, 1.82) is 0 Å². The highest BCUT2D eigenvalue weighted by molar-refractivity contribution is 7.17. The lowest BCUT2D eigenvalue weighted by Crippen LogP contribution is -2.24. The largest absolute Gasteiger partial charge is 0.384 e. The molecule has 1 aliphatic rings. The number of hydrogen-bond donors (Lipinski definition) is 2. The van der Waals surface area contributed by atoms with E-state index in [0.29, 0.717) is 5.69 Å². The van der Waals surface area contributed by atoms with Crippen molar-refractivity contribution in [2.75, 3.05) is 5.73 Å². The highest BCUT2D eigenvalue weighted by atomic mass is 32.1. The molecule has 2 amide bonds. The van der Waals surface area contributed by atoms with E-state index in [1.807, 2.05) is 23.6 Å². The summed E-state index contributed by atoms with van der Waals surface area (Å²) in [5.41, 5.74) is 6.19. The summed E-state index contributed by atoms with van der Waals surface area (Å²) in [4.78, 5) is 35.8. The summed E-state index contributed by atoms with van der Waals surface area (Å²) in [5.74, 6) is -1.20. The van der Waals surface area contributed by atoms with E-state index >= 15 is 0 Å². The maximum Gasteiger partial charge on any atom is 0.262 e. The Labute approximate surface area is 127 Å². The highest BCUT2D eigenvalue weighted by Gasteiger charge is 2.31. The molecule has 3 N–H and O–H groups in total. The highest BCUT2D eigenvalue weighted by Crippen LogP contribution is 2.26. The van der Waals surface area contributed by atoms with Gasteiger partial charge < -0.3 is 5.73 Å². The lowest BCUT2D eigenvalue weighted by atomic mass is 10.1. The Kier molecular flexibility index (Phi) is 2.49. The standard InChI is InChI=1S/C15H9N3O3S/c16-13-12-9(14(20)17-15(12)21)6-11(19)18(13)8-2-1-7-3-4-22-10(7)5-8/h1-6H,16H2,(H,17,20,21). The van der Waals surface area contributed by atoms with Crippen molar-refractivity contribution >= 4 is 39.1 Å². The number of imide groups is 1. The van der Waals surface area contributed by atoms with Crippen molar-refractivity contribution in [2.24, 2.45) is 0 Å². The van der Waals surface area contributed by atoms with Crippen molar-refractivity contribution in [3.8, 4) is 5.69 Å². The Hall–Kier alpha value is -2.93. The molecular weight excluding hydrogens is 302 g/mol. The number of rotatable bonds is 1. The van der Waals surface area contributed by atoms with E-state index in [9.17, 15) is 14.4 Å². The normalized spacial score (nSPS) is 13.5. The third kappa shape index (κ3) is 1.63. The SMILES string of the molecule is Nc1c2c(cc(=O)n1-c1ccc3ccsc3c1)C(=O)NC2=O. The van der Waals surface area contributed by atoms with E-state index in [2.05, 4.69) is 5.32 Å². The van der Waals surface area contributed by atoms with Gasteiger partial charge in [0.05, 0.1) is 16.8 Å². The summed E-state index contributed by atoms with van der Waals surface area (Å²) in [6.07, 6.45) is 0. The van der Waals surface area contributed by atoms with E-state index in [1.165, 1.54) is 4.57 Å². The molecular formula is C15H9N3O3S. The number of nitrogens with one attached hydrogen (secondary N) is 1. The van der Waals surface area contributed by atoms with E-state index in [1.54, 1.807) is 17.4 Å². The van der Waals surface area contributed by atoms with Crippen molar-refractivity contribution < 1.29 is 9.59 Å². The van der Waals surface area contributed by atoms with Gasteiger partial charge in [-0.2, -0.15) is 0 Å². The van der Waals surface area contributed by atoms with Crippen molar-refractivity contribution in [2.45, 2.75) is 0 Å². The summed E-state index contributed by atoms with van der Waals surface area (Å²) in [5, 5.41) is 5.16. The van der Waals surface area contributed by atoms with Gasteiger partial charge in [-0.15, -0.1) is 11.3 Å². The van der Waals surface area contributed by atoms with Gasteiger partial charge in [-0.05, 0) is 29.0 Å². The van der Waals surface area contributed by atoms with Gasteiger partial charge in [0.2, 0.25) is 0 Å². The summed E-state index contributed by atoms with van der Waals surface area (Å²) in [6.45, 7) is 0. The number of thiophene rings is 1. The van der Waals surface area contributed by atoms with Gasteiger partial charge >= 0.3 is 0 Å². The second-order valence-electron chi connectivity index (χ2n) is 4.92. The summed E-state index contributed by atoms with van der Waals surface area (Å²) in [6, 6.07) is 8.59. The van der Waals surface area contributed by atoms with Crippen LogP contribution in [0.4, 0.5) is 5.82 Å². The topological polar surface area (TPSA) is 94.2 Å². The number of benzene rings is 1. The lowest BCUT2D eigenvalue weighted by molar-refractivity contribution is 0.0880. The molecule has 3 heterocycles. The molecule has 3 aromatic rings. The molecule has 1 aromatic carbocycles. The molecule has 2 aromatic heterocycles. The van der Waals surface area contributed by atoms with Gasteiger partial charge in [-0.1, -0.05) is 6.07 Å². The Balaban J connectivity index is 2.03. The van der Waals surface area contributed by atoms with Gasteiger partial charge in [-0.25, -0.2) is 0 Å². The third-order valence-corrected chi connectivity index (χ3v) is 4.53. The van der Waals surface area contributed by atoms with E-state index in [0.717, 1.165) is 16.2 Å². The monoisotopic (exact) mass is 311 g/mol. The molecule has 22 heavy (non-hydrogen) atoms. The molecule has 0 atom stereocenters. The minimum atomic E-state index is -0.593. The van der Waals surface area contributed by atoms with E-state index in [4.69, 9.17) is 5.73 Å². The number of nitrogens with two attached hydrogens (primary N) is 1. The molecule has 0 spiro atoms. The van der Waals surface area contributed by atoms with Gasteiger partial charge in [-0.3, -0.25) is 24.3 Å². The molecule has 0 fully saturated rings. The molecule has 4 rings (SSSR count). The fraction of sp³-hybridized carbons (Fsp3) is 0. The number of carbonyl (C=O) groups excluding carboxylic acids is 2. The number of pyridine rings is 1. The number of nitrogens with zero attached hydrogens (tertiary/aromatic N) is 1. The van der Waals surface area contributed by atoms with Crippen LogP contribution in [0, 0.1) is 0 Å². The fourth-order valence-electron chi connectivity index (χ4n) is 2.63. The van der Waals surface area contributed by atoms with Crippen LogP contribution in [-0.2, 0) is 0 Å². The second-order valence-corrected chi connectivity index (χ2v) is 5.87. The number of amides is 2. The zero-order chi connectivity index (χ0) is 15.4. The Morgan fingerprint density at radius 3 is 2.68 bits per heavy atom. The minimum Gasteiger partial charge on any atom is -0.384 e. The summed E-state index contributed by atoms with van der Waals surface area (Å²) >= 11 is 1.54. The zero-order valence-electron chi connectivity index (χ0n) is 11.1. The molecule has 0 radical (unpaired) electrons. The van der Waals surface area contributed by atoms with Crippen molar-refractivity contribution in [3.63, 3.8) is 0 Å². The van der Waals surface area contributed by atoms with Gasteiger partial charge in [0, 0.05) is 10.8 Å². The fourth-order valence-corrected chi connectivity index (χ4v) is 3.45. The van der Waals surface area contributed by atoms with Crippen molar-refractivity contribution in [1.82, 2.24) is 9.88 Å². The Bertz CT molecular complexity index is 1030. The number of nitrogen functional groups attached to an aromatic ring is 1. The molecule has 0 saturated heterocycles. The molecule has 0 bridgehead atoms. The van der Waals surface area contributed by atoms with Crippen LogP contribution in [0.3, 0.4) is 0 Å². The number of carbonyl (C=O) groups is 2. The lowest BCUT2D eigenvalue weighted by Gasteiger charge is -2.11. The molecule has 108 valence electrons. The molecule has 0 aliphatic carbocycles. The maximum absolute atomic E-state index is 12.3. The molecule has 7 heteroatoms. The third-order valence-electron chi connectivity index (χ3n) is 3.65. The van der Waals surface area contributed by atoms with Crippen LogP contribution >= 0.6 is 11.3 Å². The van der Waals surface area contributed by atoms with Crippen LogP contribution in [0.15, 0.2) is 40.5 Å². The smallest absolute Gasteiger partial charge is 0.262 e. The second kappa shape index (κ2) is 4.28. The number of anilines is 1. The van der Waals surface area contributed by atoms with Crippen LogP contribution in [0.25, 0.3) is 15.8 Å². The minimum absolute atomic E-state index is 0.0262. The quantitative estimate of drug-likeness (QED) is 0.666. The average Bonchev–Trinajstić information content (AvgIpc) is 3.03. The van der Waals surface area contributed by atoms with Crippen LogP contribution in [0.1, 0.15) is 20.7 Å². The zero-order valence-corrected chi connectivity index (χ0v) is 11.9. The predicted octanol–water partition coefficient (Wildman–Crippen LogP) is 1.52. The van der Waals surface area contributed by atoms with Gasteiger partial charge in [0.25, 0.3) is 17.4 Å². The first kappa shape index (κ1) is 12.8. The number of fused-ring (bicyclic) bond motifs is 2. The average molecular weight is 311 g/mol. The van der Waals surface area contributed by atoms with Gasteiger partial charge in [0.15, 0.2) is 0 Å². The molecule has 1 aliphatic heterocycles. The number of hydrogen-bond acceptors (Lipinski definition) is 5. The van der Waals surface area contributed by atoms with E-state index < -0.39 is 17.4 Å². The first-order valence-electron chi connectivity index (χ1n) is 6.45. The van der Waals surface area contributed by atoms with Crippen LogP contribution in [-0.4, -0.2) is 16.4 Å². The maximum atomic E-state index is 12.3. The van der Waals surface area contributed by atoms with Crippen molar-refractivity contribution in [3.05, 3.63) is 57.2 Å². The first-order chi connectivity index (χ1) is 10.6. The van der Waals surface area contributed by atoms with E-state index in [-0.39, 0.29) is 16.9 Å². The Morgan fingerprint density at radius 1 is 1.05 bits per heavy atom. The van der Waals surface area contributed by atoms with Gasteiger partial charge in [0.1, 0.15) is 5.82 Å². The summed E-state index contributed by atoms with van der Waals surface area (Å²) in [7, 11) is 0. The molecule has 0 unspecified atom stereocenters. The van der Waals surface area contributed by atoms with Crippen LogP contribution < -0.4 is 16.6 Å². The van der Waals surface area contributed by atoms with Crippen LogP contribution in [0.2, 0.25) is 0 Å². The predicted molar refractivity (Wildman–Crippen MR) is 83.6 cm³/mol. The number of aromatic nitrogens is 1.